The average Bonchev–Trinajstić information content (AvgIpc) is 2.75. The van der Waals surface area contributed by atoms with E-state index in [1.165, 1.54) is 24.8 Å². The van der Waals surface area contributed by atoms with Gasteiger partial charge in [-0.3, -0.25) is 0 Å². The standard InChI is InChI=1S/C16H21N3/c1-19-11-10-18-15(19)12-14(17)16(8-5-9-16)13-6-3-2-4-7-13/h2-4,6-7,10-11,14H,5,8-9,12,17H2,1H3. The second-order valence-electron chi connectivity index (χ2n) is 5.64. The van der Waals surface area contributed by atoms with Gasteiger partial charge in [-0.15, -0.1) is 0 Å². The molecule has 1 aromatic carbocycles. The Kier molecular flexibility index (Phi) is 3.15. The number of nitrogens with zero attached hydrogens (tertiary/aromatic N) is 2. The molecule has 100 valence electrons. The van der Waals surface area contributed by atoms with E-state index in [0.717, 1.165) is 12.2 Å². The molecule has 1 fully saturated rings. The molecule has 1 atom stereocenters. The lowest BCUT2D eigenvalue weighted by molar-refractivity contribution is 0.192. The first-order chi connectivity index (χ1) is 9.22. The summed E-state index contributed by atoms with van der Waals surface area (Å²) >= 11 is 0. The molecule has 19 heavy (non-hydrogen) atoms. The minimum absolute atomic E-state index is 0.143. The minimum atomic E-state index is 0.143. The molecule has 1 heterocycles. The number of rotatable bonds is 4. The molecule has 2 aromatic rings. The van der Waals surface area contributed by atoms with Gasteiger partial charge in [-0.05, 0) is 18.4 Å². The predicted octanol–water partition coefficient (Wildman–Crippen LogP) is 2.41. The third kappa shape index (κ3) is 2.08. The molecule has 0 amide bonds. The van der Waals surface area contributed by atoms with Crippen molar-refractivity contribution in [2.45, 2.75) is 37.1 Å². The number of imidazole rings is 1. The van der Waals surface area contributed by atoms with Crippen LogP contribution in [-0.2, 0) is 18.9 Å². The maximum Gasteiger partial charge on any atom is 0.109 e. The highest BCUT2D eigenvalue weighted by atomic mass is 15.0. The fraction of sp³-hybridized carbons (Fsp3) is 0.438. The first kappa shape index (κ1) is 12.4. The third-order valence-corrected chi connectivity index (χ3v) is 4.63. The summed E-state index contributed by atoms with van der Waals surface area (Å²) in [5, 5.41) is 0. The van der Waals surface area contributed by atoms with Crippen molar-refractivity contribution in [2.75, 3.05) is 0 Å². The van der Waals surface area contributed by atoms with Gasteiger partial charge in [0.05, 0.1) is 0 Å². The lowest BCUT2D eigenvalue weighted by atomic mass is 9.59. The van der Waals surface area contributed by atoms with Gasteiger partial charge in [0, 0.05) is 37.3 Å². The molecular formula is C16H21N3. The number of hydrogen-bond donors (Lipinski definition) is 1. The summed E-state index contributed by atoms with van der Waals surface area (Å²) in [5.74, 6) is 1.08. The van der Waals surface area contributed by atoms with Crippen LogP contribution in [0.1, 0.15) is 30.7 Å². The van der Waals surface area contributed by atoms with Crippen LogP contribution in [0.15, 0.2) is 42.7 Å². The van der Waals surface area contributed by atoms with Gasteiger partial charge in [-0.25, -0.2) is 4.98 Å². The van der Waals surface area contributed by atoms with Gasteiger partial charge in [-0.2, -0.15) is 0 Å². The molecule has 1 aliphatic rings. The summed E-state index contributed by atoms with van der Waals surface area (Å²) in [4.78, 5) is 4.40. The highest BCUT2D eigenvalue weighted by Gasteiger charge is 2.43. The largest absolute Gasteiger partial charge is 0.338 e. The summed E-state index contributed by atoms with van der Waals surface area (Å²) in [6.07, 6.45) is 8.35. The average molecular weight is 255 g/mol. The van der Waals surface area contributed by atoms with Gasteiger partial charge in [0.2, 0.25) is 0 Å². The van der Waals surface area contributed by atoms with E-state index in [1.54, 1.807) is 0 Å². The van der Waals surface area contributed by atoms with Crippen LogP contribution in [0, 0.1) is 0 Å². The maximum atomic E-state index is 6.55. The number of nitrogens with two attached hydrogens (primary N) is 1. The highest BCUT2D eigenvalue weighted by molar-refractivity contribution is 5.31. The van der Waals surface area contributed by atoms with Crippen LogP contribution in [0.2, 0.25) is 0 Å². The number of benzene rings is 1. The Morgan fingerprint density at radius 1 is 1.32 bits per heavy atom. The lowest BCUT2D eigenvalue weighted by Crippen LogP contribution is -2.51. The van der Waals surface area contributed by atoms with E-state index in [2.05, 4.69) is 39.9 Å². The molecule has 2 N–H and O–H groups in total. The van der Waals surface area contributed by atoms with Crippen LogP contribution in [-0.4, -0.2) is 15.6 Å². The second kappa shape index (κ2) is 4.82. The zero-order valence-electron chi connectivity index (χ0n) is 11.4. The van der Waals surface area contributed by atoms with E-state index in [9.17, 15) is 0 Å². The van der Waals surface area contributed by atoms with Crippen molar-refractivity contribution in [3.8, 4) is 0 Å². The fourth-order valence-corrected chi connectivity index (χ4v) is 3.19. The quantitative estimate of drug-likeness (QED) is 0.911. The van der Waals surface area contributed by atoms with Crippen molar-refractivity contribution in [1.29, 1.82) is 0 Å². The smallest absolute Gasteiger partial charge is 0.109 e. The van der Waals surface area contributed by atoms with Crippen molar-refractivity contribution in [3.63, 3.8) is 0 Å². The maximum absolute atomic E-state index is 6.55. The molecule has 0 aliphatic heterocycles. The molecule has 1 unspecified atom stereocenters. The molecule has 3 heteroatoms. The molecular weight excluding hydrogens is 234 g/mol. The lowest BCUT2D eigenvalue weighted by Gasteiger charge is -2.47. The van der Waals surface area contributed by atoms with Crippen LogP contribution >= 0.6 is 0 Å². The molecule has 1 aliphatic carbocycles. The van der Waals surface area contributed by atoms with Crippen molar-refractivity contribution >= 4 is 0 Å². The fourth-order valence-electron chi connectivity index (χ4n) is 3.19. The van der Waals surface area contributed by atoms with Gasteiger partial charge in [0.15, 0.2) is 0 Å². The monoisotopic (exact) mass is 255 g/mol. The summed E-state index contributed by atoms with van der Waals surface area (Å²) < 4.78 is 2.07. The zero-order chi connectivity index (χ0) is 13.3. The number of aryl methyl sites for hydroxylation is 1. The van der Waals surface area contributed by atoms with E-state index < -0.39 is 0 Å². The Balaban J connectivity index is 1.84. The second-order valence-corrected chi connectivity index (χ2v) is 5.64. The van der Waals surface area contributed by atoms with Crippen molar-refractivity contribution < 1.29 is 0 Å². The van der Waals surface area contributed by atoms with Crippen LogP contribution in [0.3, 0.4) is 0 Å². The van der Waals surface area contributed by atoms with E-state index in [4.69, 9.17) is 5.73 Å². The zero-order valence-corrected chi connectivity index (χ0v) is 11.4. The molecule has 1 aromatic heterocycles. The van der Waals surface area contributed by atoms with E-state index in [-0.39, 0.29) is 11.5 Å². The molecule has 0 bridgehead atoms. The summed E-state index contributed by atoms with van der Waals surface area (Å²) in [6.45, 7) is 0. The van der Waals surface area contributed by atoms with E-state index in [0.29, 0.717) is 0 Å². The number of aromatic nitrogens is 2. The predicted molar refractivity (Wildman–Crippen MR) is 76.9 cm³/mol. The molecule has 0 saturated heterocycles. The topological polar surface area (TPSA) is 43.8 Å². The first-order valence-corrected chi connectivity index (χ1v) is 7.00. The normalized spacial score (nSPS) is 18.8. The van der Waals surface area contributed by atoms with E-state index >= 15 is 0 Å². The summed E-state index contributed by atoms with van der Waals surface area (Å²) in [5.41, 5.74) is 8.10. The van der Waals surface area contributed by atoms with Crippen LogP contribution < -0.4 is 5.73 Å². The van der Waals surface area contributed by atoms with Crippen LogP contribution in [0.5, 0.6) is 0 Å². The van der Waals surface area contributed by atoms with Crippen LogP contribution in [0.25, 0.3) is 0 Å². The Hall–Kier alpha value is -1.61. The Morgan fingerprint density at radius 2 is 2.05 bits per heavy atom. The SMILES string of the molecule is Cn1ccnc1CC(N)C1(c2ccccc2)CCC1. The molecule has 0 radical (unpaired) electrons. The summed E-state index contributed by atoms with van der Waals surface area (Å²) in [7, 11) is 2.03. The number of hydrogen-bond acceptors (Lipinski definition) is 2. The first-order valence-electron chi connectivity index (χ1n) is 7.00. The minimum Gasteiger partial charge on any atom is -0.338 e. The third-order valence-electron chi connectivity index (χ3n) is 4.63. The molecule has 3 rings (SSSR count). The van der Waals surface area contributed by atoms with Gasteiger partial charge >= 0.3 is 0 Å². The van der Waals surface area contributed by atoms with Gasteiger partial charge < -0.3 is 10.3 Å². The molecule has 3 nitrogen and oxygen atoms in total. The molecule has 1 saturated carbocycles. The van der Waals surface area contributed by atoms with Crippen LogP contribution in [0.4, 0.5) is 0 Å². The van der Waals surface area contributed by atoms with Gasteiger partial charge in [-0.1, -0.05) is 36.8 Å². The summed E-state index contributed by atoms with van der Waals surface area (Å²) in [6, 6.07) is 10.9. The van der Waals surface area contributed by atoms with Crippen molar-refractivity contribution in [2.24, 2.45) is 12.8 Å². The van der Waals surface area contributed by atoms with Gasteiger partial charge in [0.25, 0.3) is 0 Å². The Labute approximate surface area is 114 Å². The van der Waals surface area contributed by atoms with Gasteiger partial charge in [0.1, 0.15) is 5.82 Å². The Bertz CT molecular complexity index is 540. The molecule has 0 spiro atoms. The van der Waals surface area contributed by atoms with E-state index in [1.807, 2.05) is 19.4 Å². The van der Waals surface area contributed by atoms with Crippen molar-refractivity contribution in [1.82, 2.24) is 9.55 Å². The highest BCUT2D eigenvalue weighted by Crippen LogP contribution is 2.46. The van der Waals surface area contributed by atoms with Crippen molar-refractivity contribution in [3.05, 3.63) is 54.1 Å². The Morgan fingerprint density at radius 3 is 2.58 bits per heavy atom.